The normalized spacial score (nSPS) is 23.6. The fourth-order valence-electron chi connectivity index (χ4n) is 2.16. The smallest absolute Gasteiger partial charge is 0.389 e. The minimum Gasteiger partial charge on any atom is -0.396 e. The number of hydrogen-bond donors (Lipinski definition) is 1. The topological polar surface area (TPSA) is 23.5 Å². The molecule has 5 heteroatoms. The molecule has 1 rings (SSSR count). The van der Waals surface area contributed by atoms with Crippen LogP contribution in [0, 0.1) is 5.92 Å². The van der Waals surface area contributed by atoms with E-state index < -0.39 is 12.6 Å². The summed E-state index contributed by atoms with van der Waals surface area (Å²) in [6.07, 6.45) is -1.80. The molecule has 0 spiro atoms. The second kappa shape index (κ2) is 6.45. The number of aliphatic hydroxyl groups is 1. The van der Waals surface area contributed by atoms with Crippen LogP contribution >= 0.6 is 0 Å². The zero-order valence-corrected chi connectivity index (χ0v) is 9.47. The standard InChI is InChI=1S/C11H20F3NO/c12-11(13,14)5-1-2-6-15-7-3-4-10(8-15)9-16/h10,16H,1-9H2. The molecular weight excluding hydrogens is 219 g/mol. The number of alkyl halides is 3. The van der Waals surface area contributed by atoms with Crippen LogP contribution < -0.4 is 0 Å². The van der Waals surface area contributed by atoms with Gasteiger partial charge in [0, 0.05) is 19.6 Å². The third-order valence-electron chi connectivity index (χ3n) is 3.05. The molecule has 2 nitrogen and oxygen atoms in total. The summed E-state index contributed by atoms with van der Waals surface area (Å²) < 4.78 is 35.7. The van der Waals surface area contributed by atoms with Gasteiger partial charge in [-0.25, -0.2) is 0 Å². The van der Waals surface area contributed by atoms with Crippen LogP contribution in [0.5, 0.6) is 0 Å². The molecule has 1 fully saturated rings. The quantitative estimate of drug-likeness (QED) is 0.745. The van der Waals surface area contributed by atoms with Gasteiger partial charge in [0.25, 0.3) is 0 Å². The maximum absolute atomic E-state index is 11.9. The molecule has 0 aliphatic carbocycles. The number of hydrogen-bond acceptors (Lipinski definition) is 2. The fourth-order valence-corrected chi connectivity index (χ4v) is 2.16. The van der Waals surface area contributed by atoms with Crippen molar-refractivity contribution in [1.82, 2.24) is 4.90 Å². The number of rotatable bonds is 5. The van der Waals surface area contributed by atoms with Gasteiger partial charge in [0.15, 0.2) is 0 Å². The number of aliphatic hydroxyl groups excluding tert-OH is 1. The summed E-state index contributed by atoms with van der Waals surface area (Å²) in [5.74, 6) is 0.316. The highest BCUT2D eigenvalue weighted by Gasteiger charge is 2.26. The van der Waals surface area contributed by atoms with Crippen molar-refractivity contribution >= 4 is 0 Å². The Kier molecular flexibility index (Phi) is 5.55. The van der Waals surface area contributed by atoms with Crippen LogP contribution in [0.1, 0.15) is 32.1 Å². The largest absolute Gasteiger partial charge is 0.396 e. The third-order valence-corrected chi connectivity index (χ3v) is 3.05. The first-order valence-corrected chi connectivity index (χ1v) is 5.91. The molecule has 1 aliphatic rings. The fraction of sp³-hybridized carbons (Fsp3) is 1.00. The van der Waals surface area contributed by atoms with Crippen molar-refractivity contribution < 1.29 is 18.3 Å². The summed E-state index contributed by atoms with van der Waals surface area (Å²) >= 11 is 0. The minimum atomic E-state index is -4.02. The zero-order chi connectivity index (χ0) is 12.0. The molecule has 0 saturated carbocycles. The molecule has 1 aliphatic heterocycles. The monoisotopic (exact) mass is 239 g/mol. The van der Waals surface area contributed by atoms with E-state index in [0.717, 1.165) is 32.5 Å². The molecule has 0 aromatic heterocycles. The predicted molar refractivity (Wildman–Crippen MR) is 56.2 cm³/mol. The van der Waals surface area contributed by atoms with Gasteiger partial charge < -0.3 is 10.0 Å². The molecule has 1 saturated heterocycles. The molecule has 16 heavy (non-hydrogen) atoms. The van der Waals surface area contributed by atoms with Crippen molar-refractivity contribution in [3.8, 4) is 0 Å². The van der Waals surface area contributed by atoms with Crippen molar-refractivity contribution in [3.05, 3.63) is 0 Å². The average Bonchev–Trinajstić information content (AvgIpc) is 2.23. The lowest BCUT2D eigenvalue weighted by atomic mass is 9.99. The van der Waals surface area contributed by atoms with Crippen molar-refractivity contribution in [3.63, 3.8) is 0 Å². The number of nitrogens with zero attached hydrogens (tertiary/aromatic N) is 1. The van der Waals surface area contributed by atoms with E-state index in [9.17, 15) is 13.2 Å². The van der Waals surface area contributed by atoms with Gasteiger partial charge in [0.05, 0.1) is 0 Å². The van der Waals surface area contributed by atoms with E-state index in [1.54, 1.807) is 0 Å². The molecule has 0 aromatic rings. The molecular formula is C11H20F3NO. The predicted octanol–water partition coefficient (Wildman–Crippen LogP) is 2.42. The summed E-state index contributed by atoms with van der Waals surface area (Å²) in [4.78, 5) is 2.17. The summed E-state index contributed by atoms with van der Waals surface area (Å²) in [7, 11) is 0. The van der Waals surface area contributed by atoms with E-state index in [-0.39, 0.29) is 13.0 Å². The Balaban J connectivity index is 2.08. The van der Waals surface area contributed by atoms with E-state index in [2.05, 4.69) is 4.90 Å². The van der Waals surface area contributed by atoms with E-state index in [4.69, 9.17) is 5.11 Å². The second-order valence-corrected chi connectivity index (χ2v) is 4.56. The van der Waals surface area contributed by atoms with Crippen LogP contribution in [-0.4, -0.2) is 42.4 Å². The molecule has 96 valence electrons. The zero-order valence-electron chi connectivity index (χ0n) is 9.47. The maximum atomic E-state index is 11.9. The number of likely N-dealkylation sites (tertiary alicyclic amines) is 1. The highest BCUT2D eigenvalue weighted by atomic mass is 19.4. The molecule has 1 unspecified atom stereocenters. The van der Waals surface area contributed by atoms with Crippen LogP contribution in [-0.2, 0) is 0 Å². The average molecular weight is 239 g/mol. The number of unbranched alkanes of at least 4 members (excludes halogenated alkanes) is 1. The second-order valence-electron chi connectivity index (χ2n) is 4.56. The molecule has 0 aromatic carbocycles. The highest BCUT2D eigenvalue weighted by molar-refractivity contribution is 4.72. The number of piperidine rings is 1. The van der Waals surface area contributed by atoms with Crippen molar-refractivity contribution in [1.29, 1.82) is 0 Å². The SMILES string of the molecule is OCC1CCCN(CCCCC(F)(F)F)C1. The van der Waals surface area contributed by atoms with Gasteiger partial charge in [0.1, 0.15) is 0 Å². The van der Waals surface area contributed by atoms with Crippen molar-refractivity contribution in [2.75, 3.05) is 26.2 Å². The lowest BCUT2D eigenvalue weighted by Crippen LogP contribution is -2.37. The van der Waals surface area contributed by atoms with Crippen LogP contribution in [0.15, 0.2) is 0 Å². The molecule has 1 heterocycles. The Morgan fingerprint density at radius 2 is 2.00 bits per heavy atom. The lowest BCUT2D eigenvalue weighted by molar-refractivity contribution is -0.135. The Morgan fingerprint density at radius 1 is 1.25 bits per heavy atom. The number of halogens is 3. The van der Waals surface area contributed by atoms with E-state index in [0.29, 0.717) is 12.3 Å². The van der Waals surface area contributed by atoms with Gasteiger partial charge in [-0.2, -0.15) is 13.2 Å². The van der Waals surface area contributed by atoms with Crippen LogP contribution in [0.4, 0.5) is 13.2 Å². The van der Waals surface area contributed by atoms with E-state index in [1.807, 2.05) is 0 Å². The van der Waals surface area contributed by atoms with Crippen molar-refractivity contribution in [2.45, 2.75) is 38.3 Å². The highest BCUT2D eigenvalue weighted by Crippen LogP contribution is 2.23. The first-order valence-electron chi connectivity index (χ1n) is 5.91. The molecule has 0 bridgehead atoms. The Hall–Kier alpha value is -0.290. The Morgan fingerprint density at radius 3 is 2.62 bits per heavy atom. The van der Waals surface area contributed by atoms with Crippen molar-refractivity contribution in [2.24, 2.45) is 5.92 Å². The van der Waals surface area contributed by atoms with Crippen LogP contribution in [0.25, 0.3) is 0 Å². The summed E-state index contributed by atoms with van der Waals surface area (Å²) in [5.41, 5.74) is 0. The third kappa shape index (κ3) is 5.70. The van der Waals surface area contributed by atoms with Gasteiger partial charge in [-0.3, -0.25) is 0 Å². The Bertz CT molecular complexity index is 196. The van der Waals surface area contributed by atoms with Crippen LogP contribution in [0.2, 0.25) is 0 Å². The molecule has 0 radical (unpaired) electrons. The minimum absolute atomic E-state index is 0.194. The Labute approximate surface area is 94.4 Å². The molecule has 1 atom stereocenters. The van der Waals surface area contributed by atoms with Gasteiger partial charge in [-0.1, -0.05) is 0 Å². The summed E-state index contributed by atoms with van der Waals surface area (Å²) in [6, 6.07) is 0. The summed E-state index contributed by atoms with van der Waals surface area (Å²) in [5, 5.41) is 9.01. The first-order chi connectivity index (χ1) is 7.51. The van der Waals surface area contributed by atoms with Gasteiger partial charge in [-0.15, -0.1) is 0 Å². The maximum Gasteiger partial charge on any atom is 0.389 e. The van der Waals surface area contributed by atoms with Gasteiger partial charge in [0.2, 0.25) is 0 Å². The summed E-state index contributed by atoms with van der Waals surface area (Å²) in [6.45, 7) is 2.72. The lowest BCUT2D eigenvalue weighted by Gasteiger charge is -2.31. The van der Waals surface area contributed by atoms with E-state index in [1.165, 1.54) is 0 Å². The molecule has 0 amide bonds. The molecule has 1 N–H and O–H groups in total. The van der Waals surface area contributed by atoms with Gasteiger partial charge in [-0.05, 0) is 44.7 Å². The van der Waals surface area contributed by atoms with Crippen LogP contribution in [0.3, 0.4) is 0 Å². The first kappa shape index (κ1) is 13.8. The van der Waals surface area contributed by atoms with E-state index >= 15 is 0 Å². The van der Waals surface area contributed by atoms with Gasteiger partial charge >= 0.3 is 6.18 Å².